The van der Waals surface area contributed by atoms with Crippen molar-refractivity contribution in [2.24, 2.45) is 0 Å². The second kappa shape index (κ2) is 4.94. The summed E-state index contributed by atoms with van der Waals surface area (Å²) >= 11 is 0. The van der Waals surface area contributed by atoms with E-state index in [1.807, 2.05) is 0 Å². The summed E-state index contributed by atoms with van der Waals surface area (Å²) in [6.45, 7) is 3.12. The van der Waals surface area contributed by atoms with Crippen LogP contribution in [0.5, 0.6) is 0 Å². The van der Waals surface area contributed by atoms with Gasteiger partial charge in [-0.3, -0.25) is 0 Å². The van der Waals surface area contributed by atoms with Crippen molar-refractivity contribution in [1.82, 2.24) is 5.32 Å². The predicted molar refractivity (Wildman–Crippen MR) is 59.7 cm³/mol. The van der Waals surface area contributed by atoms with Crippen molar-refractivity contribution in [1.29, 1.82) is 0 Å². The van der Waals surface area contributed by atoms with E-state index in [4.69, 9.17) is 5.11 Å². The predicted octanol–water partition coefficient (Wildman–Crippen LogP) is 1.72. The summed E-state index contributed by atoms with van der Waals surface area (Å²) in [5.41, 5.74) is -0.635. The highest BCUT2D eigenvalue weighted by atomic mass is 19.1. The average Bonchev–Trinajstić information content (AvgIpc) is 2.21. The minimum atomic E-state index is -0.741. The van der Waals surface area contributed by atoms with Gasteiger partial charge in [0, 0.05) is 0 Å². The number of rotatable bonds is 3. The number of halogens is 1. The Bertz CT molecular complexity index is 380. The zero-order chi connectivity index (χ0) is 12.2. The maximum absolute atomic E-state index is 13.2. The molecule has 16 heavy (non-hydrogen) atoms. The number of nitrogens with one attached hydrogen (secondary N) is 2. The summed E-state index contributed by atoms with van der Waals surface area (Å²) in [5, 5.41) is 13.8. The maximum atomic E-state index is 13.2. The Morgan fingerprint density at radius 2 is 2.06 bits per heavy atom. The number of urea groups is 1. The van der Waals surface area contributed by atoms with E-state index >= 15 is 0 Å². The molecule has 4 nitrogen and oxygen atoms in total. The van der Waals surface area contributed by atoms with Crippen LogP contribution in [0.4, 0.5) is 14.9 Å². The van der Waals surface area contributed by atoms with Crippen LogP contribution < -0.4 is 10.6 Å². The van der Waals surface area contributed by atoms with Gasteiger partial charge in [-0.05, 0) is 26.0 Å². The van der Waals surface area contributed by atoms with E-state index in [0.29, 0.717) is 0 Å². The Hall–Kier alpha value is -1.62. The molecule has 1 aromatic rings. The normalized spacial score (nSPS) is 11.0. The minimum Gasteiger partial charge on any atom is -0.394 e. The summed E-state index contributed by atoms with van der Waals surface area (Å²) < 4.78 is 13.2. The number of anilines is 1. The lowest BCUT2D eigenvalue weighted by atomic mass is 10.1. The van der Waals surface area contributed by atoms with Gasteiger partial charge < -0.3 is 15.7 Å². The Kier molecular flexibility index (Phi) is 3.84. The highest BCUT2D eigenvalue weighted by Crippen LogP contribution is 2.12. The van der Waals surface area contributed by atoms with Crippen molar-refractivity contribution in [3.8, 4) is 0 Å². The molecule has 3 N–H and O–H groups in total. The van der Waals surface area contributed by atoms with Crippen LogP contribution in [0, 0.1) is 5.82 Å². The topological polar surface area (TPSA) is 61.4 Å². The maximum Gasteiger partial charge on any atom is 0.319 e. The lowest BCUT2D eigenvalue weighted by molar-refractivity contribution is 0.187. The Balaban J connectivity index is 2.62. The highest BCUT2D eigenvalue weighted by molar-refractivity contribution is 5.89. The van der Waals surface area contributed by atoms with Gasteiger partial charge in [0.2, 0.25) is 0 Å². The van der Waals surface area contributed by atoms with Crippen LogP contribution in [0.1, 0.15) is 13.8 Å². The fraction of sp³-hybridized carbons (Fsp3) is 0.364. The van der Waals surface area contributed by atoms with Gasteiger partial charge in [0.25, 0.3) is 0 Å². The minimum absolute atomic E-state index is 0.105. The summed E-state index contributed by atoms with van der Waals surface area (Å²) in [5.74, 6) is -0.501. The Morgan fingerprint density at radius 1 is 1.44 bits per heavy atom. The molecule has 0 unspecified atom stereocenters. The molecule has 0 saturated heterocycles. The zero-order valence-electron chi connectivity index (χ0n) is 9.25. The van der Waals surface area contributed by atoms with E-state index in [0.717, 1.165) is 0 Å². The van der Waals surface area contributed by atoms with E-state index in [9.17, 15) is 9.18 Å². The van der Waals surface area contributed by atoms with Crippen molar-refractivity contribution < 1.29 is 14.3 Å². The SMILES string of the molecule is CC(C)(CO)NC(=O)Nc1ccccc1F. The molecular weight excluding hydrogens is 211 g/mol. The van der Waals surface area contributed by atoms with Crippen molar-refractivity contribution in [2.75, 3.05) is 11.9 Å². The number of hydrogen-bond acceptors (Lipinski definition) is 2. The van der Waals surface area contributed by atoms with Gasteiger partial charge in [-0.25, -0.2) is 9.18 Å². The summed E-state index contributed by atoms with van der Waals surface area (Å²) in [6.07, 6.45) is 0. The average molecular weight is 226 g/mol. The molecule has 5 heteroatoms. The van der Waals surface area contributed by atoms with E-state index in [1.165, 1.54) is 18.2 Å². The summed E-state index contributed by atoms with van der Waals surface area (Å²) in [4.78, 5) is 11.4. The van der Waals surface area contributed by atoms with E-state index in [2.05, 4.69) is 10.6 Å². The lowest BCUT2D eigenvalue weighted by Crippen LogP contribution is -2.48. The number of para-hydroxylation sites is 1. The number of amides is 2. The van der Waals surface area contributed by atoms with Gasteiger partial charge in [-0.1, -0.05) is 12.1 Å². The lowest BCUT2D eigenvalue weighted by Gasteiger charge is -2.23. The monoisotopic (exact) mass is 226 g/mol. The third kappa shape index (κ3) is 3.51. The quantitative estimate of drug-likeness (QED) is 0.734. The molecule has 0 aliphatic heterocycles. The first-order valence-electron chi connectivity index (χ1n) is 4.89. The van der Waals surface area contributed by atoms with Crippen molar-refractivity contribution in [3.05, 3.63) is 30.1 Å². The van der Waals surface area contributed by atoms with Gasteiger partial charge in [0.15, 0.2) is 0 Å². The molecule has 0 aliphatic rings. The molecule has 0 heterocycles. The molecule has 0 aromatic heterocycles. The number of aliphatic hydroxyl groups is 1. The molecule has 0 aliphatic carbocycles. The number of hydrogen-bond donors (Lipinski definition) is 3. The van der Waals surface area contributed by atoms with Crippen molar-refractivity contribution in [3.63, 3.8) is 0 Å². The second-order valence-corrected chi connectivity index (χ2v) is 4.10. The summed E-state index contributed by atoms with van der Waals surface area (Å²) in [6, 6.07) is 5.32. The molecule has 88 valence electrons. The molecule has 1 aromatic carbocycles. The number of benzene rings is 1. The van der Waals surface area contributed by atoms with Gasteiger partial charge in [-0.15, -0.1) is 0 Å². The fourth-order valence-corrected chi connectivity index (χ4v) is 1.06. The van der Waals surface area contributed by atoms with E-state index < -0.39 is 17.4 Å². The Labute approximate surface area is 93.5 Å². The van der Waals surface area contributed by atoms with Gasteiger partial charge in [-0.2, -0.15) is 0 Å². The molecule has 2 amide bonds. The van der Waals surface area contributed by atoms with Gasteiger partial charge in [0.1, 0.15) is 5.82 Å². The first-order chi connectivity index (χ1) is 7.44. The largest absolute Gasteiger partial charge is 0.394 e. The standard InChI is InChI=1S/C11H15FN2O2/c1-11(2,7-15)14-10(16)13-9-6-4-3-5-8(9)12/h3-6,15H,7H2,1-2H3,(H2,13,14,16). The molecule has 0 fully saturated rings. The van der Waals surface area contributed by atoms with Crippen LogP contribution in [0.15, 0.2) is 24.3 Å². The smallest absolute Gasteiger partial charge is 0.319 e. The molecule has 0 saturated carbocycles. The Morgan fingerprint density at radius 3 is 2.62 bits per heavy atom. The van der Waals surface area contributed by atoms with Crippen LogP contribution in [0.25, 0.3) is 0 Å². The third-order valence-electron chi connectivity index (χ3n) is 1.97. The molecule has 0 atom stereocenters. The third-order valence-corrected chi connectivity index (χ3v) is 1.97. The van der Waals surface area contributed by atoms with Crippen LogP contribution >= 0.6 is 0 Å². The van der Waals surface area contributed by atoms with Crippen molar-refractivity contribution >= 4 is 11.7 Å². The first kappa shape index (κ1) is 12.4. The van der Waals surface area contributed by atoms with Gasteiger partial charge in [0.05, 0.1) is 17.8 Å². The van der Waals surface area contributed by atoms with Crippen LogP contribution in [-0.4, -0.2) is 23.3 Å². The zero-order valence-corrected chi connectivity index (χ0v) is 9.25. The fourth-order valence-electron chi connectivity index (χ4n) is 1.06. The van der Waals surface area contributed by atoms with E-state index in [1.54, 1.807) is 19.9 Å². The number of carbonyl (C=O) groups is 1. The molecule has 1 rings (SSSR count). The van der Waals surface area contributed by atoms with Crippen LogP contribution in [-0.2, 0) is 0 Å². The first-order valence-corrected chi connectivity index (χ1v) is 4.89. The highest BCUT2D eigenvalue weighted by Gasteiger charge is 2.19. The number of aliphatic hydroxyl groups excluding tert-OH is 1. The number of carbonyl (C=O) groups excluding carboxylic acids is 1. The molecular formula is C11H15FN2O2. The van der Waals surface area contributed by atoms with Gasteiger partial charge >= 0.3 is 6.03 Å². The second-order valence-electron chi connectivity index (χ2n) is 4.10. The molecule has 0 radical (unpaired) electrons. The van der Waals surface area contributed by atoms with E-state index in [-0.39, 0.29) is 12.3 Å². The molecule has 0 spiro atoms. The van der Waals surface area contributed by atoms with Crippen molar-refractivity contribution in [2.45, 2.75) is 19.4 Å². The summed E-state index contributed by atoms with van der Waals surface area (Å²) in [7, 11) is 0. The van der Waals surface area contributed by atoms with Crippen LogP contribution in [0.2, 0.25) is 0 Å². The molecule has 0 bridgehead atoms. The van der Waals surface area contributed by atoms with Crippen LogP contribution in [0.3, 0.4) is 0 Å².